The van der Waals surface area contributed by atoms with Gasteiger partial charge in [0.05, 0.1) is 12.5 Å². The van der Waals surface area contributed by atoms with Crippen LogP contribution in [-0.2, 0) is 16.0 Å². The van der Waals surface area contributed by atoms with Gasteiger partial charge in [-0.15, -0.1) is 0 Å². The van der Waals surface area contributed by atoms with Crippen molar-refractivity contribution in [3.05, 3.63) is 22.4 Å². The van der Waals surface area contributed by atoms with E-state index in [4.69, 9.17) is 4.74 Å². The average Bonchev–Trinajstić information content (AvgIpc) is 3.45. The Kier molecular flexibility index (Phi) is 6.85. The van der Waals surface area contributed by atoms with Gasteiger partial charge in [0, 0.05) is 25.7 Å². The lowest BCUT2D eigenvalue weighted by atomic mass is 9.94. The highest BCUT2D eigenvalue weighted by molar-refractivity contribution is 7.08. The number of carbonyl (C=O) groups is 1. The highest BCUT2D eigenvalue weighted by Crippen LogP contribution is 2.28. The molecule has 5 heteroatoms. The standard InChI is InChI=1S/C22H34N2O2S/c25-22(14-19-9-13-27-17-19)24(16-21-6-3-12-26-21)15-18-7-10-23(11-8-18)20-4-1-2-5-20/h9,13,17-18,20-21H,1-8,10-12,14-16H2/t21-/m0/s1. The third-order valence-electron chi connectivity index (χ3n) is 6.70. The molecule has 27 heavy (non-hydrogen) atoms. The monoisotopic (exact) mass is 390 g/mol. The van der Waals surface area contributed by atoms with E-state index in [0.717, 1.165) is 44.1 Å². The van der Waals surface area contributed by atoms with E-state index in [1.54, 1.807) is 11.3 Å². The summed E-state index contributed by atoms with van der Waals surface area (Å²) in [7, 11) is 0. The maximum Gasteiger partial charge on any atom is 0.227 e. The smallest absolute Gasteiger partial charge is 0.227 e. The van der Waals surface area contributed by atoms with E-state index in [1.165, 1.54) is 51.6 Å². The molecule has 150 valence electrons. The molecule has 3 aliphatic rings. The fraction of sp³-hybridized carbons (Fsp3) is 0.773. The molecule has 1 atom stereocenters. The first kappa shape index (κ1) is 19.4. The predicted octanol–water partition coefficient (Wildman–Crippen LogP) is 3.95. The fourth-order valence-corrected chi connectivity index (χ4v) is 5.74. The lowest BCUT2D eigenvalue weighted by Gasteiger charge is -2.38. The van der Waals surface area contributed by atoms with Gasteiger partial charge in [-0.25, -0.2) is 0 Å². The summed E-state index contributed by atoms with van der Waals surface area (Å²) < 4.78 is 5.84. The molecule has 1 aliphatic carbocycles. The van der Waals surface area contributed by atoms with E-state index in [9.17, 15) is 4.79 Å². The van der Waals surface area contributed by atoms with Crippen molar-refractivity contribution in [2.45, 2.75) is 69.9 Å². The van der Waals surface area contributed by atoms with Gasteiger partial charge in [-0.3, -0.25) is 4.79 Å². The SMILES string of the molecule is O=C(Cc1ccsc1)N(CC1CCN(C2CCCC2)CC1)C[C@@H]1CCCO1. The molecular formula is C22H34N2O2S. The van der Waals surface area contributed by atoms with Gasteiger partial charge in [0.1, 0.15) is 0 Å². The van der Waals surface area contributed by atoms with Crippen LogP contribution in [0.15, 0.2) is 16.8 Å². The second kappa shape index (κ2) is 9.53. The summed E-state index contributed by atoms with van der Waals surface area (Å²) >= 11 is 1.67. The molecule has 3 fully saturated rings. The van der Waals surface area contributed by atoms with Crippen LogP contribution >= 0.6 is 11.3 Å². The summed E-state index contributed by atoms with van der Waals surface area (Å²) in [5, 5.41) is 4.16. The van der Waals surface area contributed by atoms with Gasteiger partial charge >= 0.3 is 0 Å². The van der Waals surface area contributed by atoms with Crippen LogP contribution < -0.4 is 0 Å². The minimum Gasteiger partial charge on any atom is -0.376 e. The van der Waals surface area contributed by atoms with E-state index < -0.39 is 0 Å². The summed E-state index contributed by atoms with van der Waals surface area (Å²) in [6, 6.07) is 2.92. The number of carbonyl (C=O) groups excluding carboxylic acids is 1. The molecule has 0 radical (unpaired) electrons. The molecule has 2 aliphatic heterocycles. The van der Waals surface area contributed by atoms with Crippen LogP contribution in [-0.4, -0.2) is 60.6 Å². The largest absolute Gasteiger partial charge is 0.376 e. The van der Waals surface area contributed by atoms with Crippen molar-refractivity contribution in [2.75, 3.05) is 32.8 Å². The topological polar surface area (TPSA) is 32.8 Å². The van der Waals surface area contributed by atoms with Crippen LogP contribution in [0.5, 0.6) is 0 Å². The molecule has 0 spiro atoms. The summed E-state index contributed by atoms with van der Waals surface area (Å²) in [6.07, 6.45) is 11.1. The number of rotatable bonds is 7. The summed E-state index contributed by atoms with van der Waals surface area (Å²) in [5.41, 5.74) is 1.15. The molecule has 1 aromatic heterocycles. The van der Waals surface area contributed by atoms with Crippen LogP contribution in [0.3, 0.4) is 0 Å². The highest BCUT2D eigenvalue weighted by Gasteiger charge is 2.30. The Hall–Kier alpha value is -0.910. The van der Waals surface area contributed by atoms with Gasteiger partial charge < -0.3 is 14.5 Å². The number of likely N-dealkylation sites (tertiary alicyclic amines) is 1. The van der Waals surface area contributed by atoms with Gasteiger partial charge in [-0.05, 0) is 79.9 Å². The molecule has 1 amide bonds. The Labute approximate surface area is 167 Å². The number of ether oxygens (including phenoxy) is 1. The van der Waals surface area contributed by atoms with Crippen molar-refractivity contribution >= 4 is 17.2 Å². The van der Waals surface area contributed by atoms with Crippen LogP contribution in [0.2, 0.25) is 0 Å². The lowest BCUT2D eigenvalue weighted by molar-refractivity contribution is -0.133. The Morgan fingerprint density at radius 1 is 1.11 bits per heavy atom. The summed E-state index contributed by atoms with van der Waals surface area (Å²) in [4.78, 5) is 17.9. The molecular weight excluding hydrogens is 356 g/mol. The molecule has 4 nitrogen and oxygen atoms in total. The van der Waals surface area contributed by atoms with Gasteiger partial charge in [-0.1, -0.05) is 12.8 Å². The van der Waals surface area contributed by atoms with Gasteiger partial charge in [0.15, 0.2) is 0 Å². The number of thiophene rings is 1. The normalized spacial score (nSPS) is 25.3. The van der Waals surface area contributed by atoms with Crippen molar-refractivity contribution in [3.8, 4) is 0 Å². The number of amides is 1. The van der Waals surface area contributed by atoms with E-state index in [1.807, 2.05) is 0 Å². The average molecular weight is 391 g/mol. The summed E-state index contributed by atoms with van der Waals surface area (Å²) in [5.74, 6) is 0.928. The number of piperidine rings is 1. The van der Waals surface area contributed by atoms with Crippen molar-refractivity contribution in [3.63, 3.8) is 0 Å². The minimum absolute atomic E-state index is 0.245. The van der Waals surface area contributed by atoms with E-state index in [2.05, 4.69) is 26.6 Å². The van der Waals surface area contributed by atoms with Gasteiger partial charge in [0.2, 0.25) is 5.91 Å². The van der Waals surface area contributed by atoms with Crippen LogP contribution in [0.4, 0.5) is 0 Å². The molecule has 0 unspecified atom stereocenters. The minimum atomic E-state index is 0.245. The number of hydrogen-bond acceptors (Lipinski definition) is 4. The zero-order valence-corrected chi connectivity index (χ0v) is 17.3. The van der Waals surface area contributed by atoms with Gasteiger partial charge in [-0.2, -0.15) is 11.3 Å². The highest BCUT2D eigenvalue weighted by atomic mass is 32.1. The molecule has 0 bridgehead atoms. The third kappa shape index (κ3) is 5.33. The van der Waals surface area contributed by atoms with Crippen molar-refractivity contribution in [1.82, 2.24) is 9.80 Å². The van der Waals surface area contributed by atoms with Crippen LogP contribution in [0.1, 0.15) is 56.9 Å². The number of hydrogen-bond donors (Lipinski definition) is 0. The first-order valence-electron chi connectivity index (χ1n) is 10.9. The quantitative estimate of drug-likeness (QED) is 0.707. The Balaban J connectivity index is 1.31. The zero-order chi connectivity index (χ0) is 18.5. The third-order valence-corrected chi connectivity index (χ3v) is 7.44. The van der Waals surface area contributed by atoms with E-state index >= 15 is 0 Å². The molecule has 0 N–H and O–H groups in total. The van der Waals surface area contributed by atoms with Crippen molar-refractivity contribution in [1.29, 1.82) is 0 Å². The molecule has 3 heterocycles. The Bertz CT molecular complexity index is 571. The fourth-order valence-electron chi connectivity index (χ4n) is 5.07. The maximum absolute atomic E-state index is 13.0. The summed E-state index contributed by atoms with van der Waals surface area (Å²) in [6.45, 7) is 5.01. The van der Waals surface area contributed by atoms with Gasteiger partial charge in [0.25, 0.3) is 0 Å². The first-order chi connectivity index (χ1) is 13.3. The second-order valence-electron chi connectivity index (χ2n) is 8.66. The zero-order valence-electron chi connectivity index (χ0n) is 16.5. The van der Waals surface area contributed by atoms with Crippen LogP contribution in [0, 0.1) is 5.92 Å². The first-order valence-corrected chi connectivity index (χ1v) is 11.9. The lowest BCUT2D eigenvalue weighted by Crippen LogP contribution is -2.45. The molecule has 1 saturated carbocycles. The molecule has 4 rings (SSSR count). The second-order valence-corrected chi connectivity index (χ2v) is 9.44. The number of nitrogens with zero attached hydrogens (tertiary/aromatic N) is 2. The van der Waals surface area contributed by atoms with Crippen LogP contribution in [0.25, 0.3) is 0 Å². The van der Waals surface area contributed by atoms with E-state index in [-0.39, 0.29) is 12.0 Å². The molecule has 0 aromatic carbocycles. The Morgan fingerprint density at radius 2 is 1.93 bits per heavy atom. The Morgan fingerprint density at radius 3 is 2.59 bits per heavy atom. The van der Waals surface area contributed by atoms with Crippen molar-refractivity contribution < 1.29 is 9.53 Å². The van der Waals surface area contributed by atoms with E-state index in [0.29, 0.717) is 12.3 Å². The maximum atomic E-state index is 13.0. The van der Waals surface area contributed by atoms with Crippen molar-refractivity contribution in [2.24, 2.45) is 5.92 Å². The molecule has 1 aromatic rings. The predicted molar refractivity (Wildman–Crippen MR) is 110 cm³/mol. The molecule has 2 saturated heterocycles.